The van der Waals surface area contributed by atoms with E-state index >= 15 is 0 Å². The van der Waals surface area contributed by atoms with E-state index in [0.717, 1.165) is 52.1 Å². The molecule has 2 rings (SSSR count). The van der Waals surface area contributed by atoms with Crippen molar-refractivity contribution in [3.8, 4) is 0 Å². The summed E-state index contributed by atoms with van der Waals surface area (Å²) in [7, 11) is 0. The van der Waals surface area contributed by atoms with E-state index < -0.39 is 0 Å². The molecule has 0 aromatic carbocycles. The lowest BCUT2D eigenvalue weighted by atomic mass is 10.1. The van der Waals surface area contributed by atoms with Crippen LogP contribution < -0.4 is 5.73 Å². The summed E-state index contributed by atoms with van der Waals surface area (Å²) in [6.07, 6.45) is 2.04. The Bertz CT molecular complexity index is 302. The van der Waals surface area contributed by atoms with Crippen molar-refractivity contribution in [3.63, 3.8) is 0 Å². The third-order valence-electron chi connectivity index (χ3n) is 4.52. The molecule has 0 radical (unpaired) electrons. The Kier molecular flexibility index (Phi) is 5.19. The molecule has 1 unspecified atom stereocenters. The highest BCUT2D eigenvalue weighted by molar-refractivity contribution is 5.78. The van der Waals surface area contributed by atoms with Gasteiger partial charge in [-0.25, -0.2) is 0 Å². The number of carbonyl (C=O) groups excluding carboxylic acids is 1. The topological polar surface area (TPSA) is 52.8 Å². The first-order chi connectivity index (χ1) is 9.10. The number of hydrogen-bond acceptors (Lipinski definition) is 4. The van der Waals surface area contributed by atoms with Crippen molar-refractivity contribution in [2.45, 2.75) is 38.8 Å². The van der Waals surface area contributed by atoms with Crippen LogP contribution in [0.15, 0.2) is 0 Å². The van der Waals surface area contributed by atoms with Crippen LogP contribution in [0, 0.1) is 0 Å². The largest absolute Gasteiger partial charge is 0.339 e. The molecule has 0 aromatic rings. The highest BCUT2D eigenvalue weighted by Crippen LogP contribution is 2.12. The standard InChI is InChI=1S/C14H28N4O/c1-3-17-8-9-18(10-12(17)2)14(19)11-16-6-4-13(15)5-7-16/h12-13H,3-11,15H2,1-2H3. The minimum atomic E-state index is 0.290. The van der Waals surface area contributed by atoms with Crippen molar-refractivity contribution in [2.75, 3.05) is 45.8 Å². The van der Waals surface area contributed by atoms with Gasteiger partial charge in [-0.15, -0.1) is 0 Å². The van der Waals surface area contributed by atoms with Crippen molar-refractivity contribution in [3.05, 3.63) is 0 Å². The lowest BCUT2D eigenvalue weighted by Gasteiger charge is -2.40. The average Bonchev–Trinajstić information content (AvgIpc) is 2.41. The molecule has 0 bridgehead atoms. The molecule has 1 atom stereocenters. The lowest BCUT2D eigenvalue weighted by Crippen LogP contribution is -2.55. The Morgan fingerprint density at radius 1 is 1.21 bits per heavy atom. The molecule has 2 aliphatic heterocycles. The summed E-state index contributed by atoms with van der Waals surface area (Å²) in [5.74, 6) is 0.290. The van der Waals surface area contributed by atoms with E-state index in [1.807, 2.05) is 4.90 Å². The summed E-state index contributed by atoms with van der Waals surface area (Å²) in [6, 6.07) is 0.817. The smallest absolute Gasteiger partial charge is 0.236 e. The van der Waals surface area contributed by atoms with Crippen LogP contribution in [0.2, 0.25) is 0 Å². The molecule has 5 heteroatoms. The van der Waals surface area contributed by atoms with Gasteiger partial charge in [0.15, 0.2) is 0 Å². The molecule has 2 N–H and O–H groups in total. The molecule has 2 aliphatic rings. The van der Waals surface area contributed by atoms with E-state index in [9.17, 15) is 4.79 Å². The summed E-state index contributed by atoms with van der Waals surface area (Å²) < 4.78 is 0. The SMILES string of the molecule is CCN1CCN(C(=O)CN2CCC(N)CC2)CC1C. The normalized spacial score (nSPS) is 27.7. The molecule has 5 nitrogen and oxygen atoms in total. The van der Waals surface area contributed by atoms with Gasteiger partial charge in [0.05, 0.1) is 6.54 Å². The average molecular weight is 268 g/mol. The second-order valence-corrected chi connectivity index (χ2v) is 5.93. The lowest BCUT2D eigenvalue weighted by molar-refractivity contribution is -0.135. The van der Waals surface area contributed by atoms with Crippen molar-refractivity contribution in [1.29, 1.82) is 0 Å². The first-order valence-corrected chi connectivity index (χ1v) is 7.60. The number of nitrogens with two attached hydrogens (primary N) is 1. The first-order valence-electron chi connectivity index (χ1n) is 7.60. The molecule has 0 saturated carbocycles. The molecule has 2 heterocycles. The van der Waals surface area contributed by atoms with Crippen molar-refractivity contribution < 1.29 is 4.79 Å². The van der Waals surface area contributed by atoms with Gasteiger partial charge in [0.25, 0.3) is 0 Å². The Hall–Kier alpha value is -0.650. The van der Waals surface area contributed by atoms with Gasteiger partial charge in [0.2, 0.25) is 5.91 Å². The fraction of sp³-hybridized carbons (Fsp3) is 0.929. The van der Waals surface area contributed by atoms with Crippen LogP contribution in [0.1, 0.15) is 26.7 Å². The zero-order valence-corrected chi connectivity index (χ0v) is 12.3. The van der Waals surface area contributed by atoms with Crippen molar-refractivity contribution in [2.24, 2.45) is 5.73 Å². The van der Waals surface area contributed by atoms with Gasteiger partial charge in [-0.1, -0.05) is 6.92 Å². The minimum absolute atomic E-state index is 0.290. The third kappa shape index (κ3) is 3.91. The van der Waals surface area contributed by atoms with E-state index in [4.69, 9.17) is 5.73 Å². The maximum absolute atomic E-state index is 12.3. The van der Waals surface area contributed by atoms with E-state index in [1.165, 1.54) is 0 Å². The van der Waals surface area contributed by atoms with E-state index in [0.29, 0.717) is 18.6 Å². The van der Waals surface area contributed by atoms with Crippen molar-refractivity contribution in [1.82, 2.24) is 14.7 Å². The highest BCUT2D eigenvalue weighted by Gasteiger charge is 2.27. The maximum Gasteiger partial charge on any atom is 0.236 e. The second-order valence-electron chi connectivity index (χ2n) is 5.93. The van der Waals surface area contributed by atoms with E-state index in [-0.39, 0.29) is 5.91 Å². The Morgan fingerprint density at radius 2 is 1.89 bits per heavy atom. The first kappa shape index (κ1) is 14.8. The molecule has 0 spiro atoms. The molecular formula is C14H28N4O. The Balaban J connectivity index is 1.77. The zero-order chi connectivity index (χ0) is 13.8. The summed E-state index contributed by atoms with van der Waals surface area (Å²) in [5.41, 5.74) is 5.89. The van der Waals surface area contributed by atoms with Crippen LogP contribution in [-0.4, -0.2) is 78.5 Å². The molecule has 19 heavy (non-hydrogen) atoms. The number of likely N-dealkylation sites (N-methyl/N-ethyl adjacent to an activating group) is 1. The van der Waals surface area contributed by atoms with Gasteiger partial charge in [-0.2, -0.15) is 0 Å². The summed E-state index contributed by atoms with van der Waals surface area (Å²) in [5, 5.41) is 0. The third-order valence-corrected chi connectivity index (χ3v) is 4.52. The van der Waals surface area contributed by atoms with Crippen LogP contribution in [0.25, 0.3) is 0 Å². The molecule has 2 fully saturated rings. The zero-order valence-electron chi connectivity index (χ0n) is 12.3. The number of likely N-dealkylation sites (tertiary alicyclic amines) is 1. The van der Waals surface area contributed by atoms with Gasteiger partial charge < -0.3 is 10.6 Å². The van der Waals surface area contributed by atoms with Gasteiger partial charge in [0, 0.05) is 44.8 Å². The number of hydrogen-bond donors (Lipinski definition) is 1. The highest BCUT2D eigenvalue weighted by atomic mass is 16.2. The maximum atomic E-state index is 12.3. The number of carbonyl (C=O) groups is 1. The molecule has 2 saturated heterocycles. The minimum Gasteiger partial charge on any atom is -0.339 e. The molecule has 1 amide bonds. The van der Waals surface area contributed by atoms with E-state index in [2.05, 4.69) is 23.6 Å². The molecule has 0 aromatic heterocycles. The summed E-state index contributed by atoms with van der Waals surface area (Å²) in [6.45, 7) is 10.8. The van der Waals surface area contributed by atoms with E-state index in [1.54, 1.807) is 0 Å². The fourth-order valence-electron chi connectivity index (χ4n) is 3.09. The predicted octanol–water partition coefficient (Wildman–Crippen LogP) is -0.0379. The van der Waals surface area contributed by atoms with Crippen LogP contribution in [-0.2, 0) is 4.79 Å². The van der Waals surface area contributed by atoms with Crippen LogP contribution in [0.4, 0.5) is 0 Å². The number of piperazine rings is 1. The van der Waals surface area contributed by atoms with Gasteiger partial charge in [-0.3, -0.25) is 14.6 Å². The predicted molar refractivity (Wildman–Crippen MR) is 76.9 cm³/mol. The number of piperidine rings is 1. The molecule has 110 valence electrons. The monoisotopic (exact) mass is 268 g/mol. The van der Waals surface area contributed by atoms with Crippen LogP contribution in [0.5, 0.6) is 0 Å². The van der Waals surface area contributed by atoms with Gasteiger partial charge >= 0.3 is 0 Å². The number of amides is 1. The fourth-order valence-corrected chi connectivity index (χ4v) is 3.09. The quantitative estimate of drug-likeness (QED) is 0.780. The number of rotatable bonds is 3. The van der Waals surface area contributed by atoms with Crippen molar-refractivity contribution >= 4 is 5.91 Å². The second kappa shape index (κ2) is 6.68. The molecular weight excluding hydrogens is 240 g/mol. The summed E-state index contributed by atoms with van der Waals surface area (Å²) >= 11 is 0. The van der Waals surface area contributed by atoms with Crippen LogP contribution in [0.3, 0.4) is 0 Å². The summed E-state index contributed by atoms with van der Waals surface area (Å²) in [4.78, 5) is 19.0. The number of nitrogens with zero attached hydrogens (tertiary/aromatic N) is 3. The van der Waals surface area contributed by atoms with Crippen LogP contribution >= 0.6 is 0 Å². The van der Waals surface area contributed by atoms with Gasteiger partial charge in [0.1, 0.15) is 0 Å². The van der Waals surface area contributed by atoms with Gasteiger partial charge in [-0.05, 0) is 26.3 Å². The molecule has 0 aliphatic carbocycles. The Morgan fingerprint density at radius 3 is 2.47 bits per heavy atom. The Labute approximate surface area is 116 Å².